The van der Waals surface area contributed by atoms with Crippen molar-refractivity contribution in [1.82, 2.24) is 10.6 Å². The van der Waals surface area contributed by atoms with E-state index in [1.807, 2.05) is 0 Å². The first kappa shape index (κ1) is 19.7. The lowest BCUT2D eigenvalue weighted by Crippen LogP contribution is -2.38. The van der Waals surface area contributed by atoms with Crippen LogP contribution in [0.25, 0.3) is 0 Å². The first-order chi connectivity index (χ1) is 12.2. The van der Waals surface area contributed by atoms with Crippen LogP contribution in [0.1, 0.15) is 36.5 Å². The van der Waals surface area contributed by atoms with Gasteiger partial charge in [0.05, 0.1) is 12.7 Å². The van der Waals surface area contributed by atoms with Crippen molar-refractivity contribution in [2.45, 2.75) is 46.1 Å². The van der Waals surface area contributed by atoms with Gasteiger partial charge in [-0.3, -0.25) is 4.99 Å². The number of aryl methyl sites for hydroxylation is 2. The quantitative estimate of drug-likeness (QED) is 0.410. The molecule has 5 nitrogen and oxygen atoms in total. The lowest BCUT2D eigenvalue weighted by molar-refractivity contribution is 0.0424. The van der Waals surface area contributed by atoms with E-state index in [-0.39, 0.29) is 6.10 Å². The number of hydrogen-bond acceptors (Lipinski definition) is 3. The number of benzene rings is 1. The number of aliphatic imine (C=N–C) groups is 1. The molecule has 5 heteroatoms. The van der Waals surface area contributed by atoms with Gasteiger partial charge in [0.25, 0.3) is 0 Å². The van der Waals surface area contributed by atoms with Gasteiger partial charge >= 0.3 is 0 Å². The van der Waals surface area contributed by atoms with Gasteiger partial charge in [-0.2, -0.15) is 0 Å². The van der Waals surface area contributed by atoms with Gasteiger partial charge in [0.1, 0.15) is 0 Å². The minimum absolute atomic E-state index is 0.285. The van der Waals surface area contributed by atoms with Crippen LogP contribution in [0.3, 0.4) is 0 Å². The van der Waals surface area contributed by atoms with Crippen molar-refractivity contribution in [3.8, 4) is 0 Å². The van der Waals surface area contributed by atoms with E-state index in [0.717, 1.165) is 64.7 Å². The maximum absolute atomic E-state index is 5.77. The van der Waals surface area contributed by atoms with Crippen molar-refractivity contribution in [1.29, 1.82) is 0 Å². The number of guanidine groups is 1. The molecule has 1 aliphatic heterocycles. The highest BCUT2D eigenvalue weighted by atomic mass is 16.5. The summed E-state index contributed by atoms with van der Waals surface area (Å²) in [7, 11) is 0. The second-order valence-electron chi connectivity index (χ2n) is 6.64. The highest BCUT2D eigenvalue weighted by Gasteiger charge is 2.15. The molecule has 1 aromatic rings. The fraction of sp³-hybridized carbons (Fsp3) is 0.650. The van der Waals surface area contributed by atoms with Crippen molar-refractivity contribution >= 4 is 5.96 Å². The molecule has 0 amide bonds. The topological polar surface area (TPSA) is 54.9 Å². The zero-order valence-corrected chi connectivity index (χ0v) is 15.9. The molecule has 1 unspecified atom stereocenters. The Labute approximate surface area is 152 Å². The van der Waals surface area contributed by atoms with Crippen LogP contribution < -0.4 is 10.6 Å². The molecule has 1 fully saturated rings. The summed E-state index contributed by atoms with van der Waals surface area (Å²) in [5.41, 5.74) is 4.01. The minimum Gasteiger partial charge on any atom is -0.379 e. The molecule has 0 aliphatic carbocycles. The summed E-state index contributed by atoms with van der Waals surface area (Å²) >= 11 is 0. The van der Waals surface area contributed by atoms with Gasteiger partial charge in [-0.25, -0.2) is 0 Å². The molecule has 0 aromatic heterocycles. The third-order valence-corrected chi connectivity index (χ3v) is 4.15. The van der Waals surface area contributed by atoms with E-state index < -0.39 is 0 Å². The number of rotatable bonds is 9. The summed E-state index contributed by atoms with van der Waals surface area (Å²) < 4.78 is 11.1. The Morgan fingerprint density at radius 3 is 2.72 bits per heavy atom. The third-order valence-electron chi connectivity index (χ3n) is 4.15. The Balaban J connectivity index is 1.67. The second kappa shape index (κ2) is 11.1. The molecule has 2 N–H and O–H groups in total. The first-order valence-corrected chi connectivity index (χ1v) is 9.46. The Bertz CT molecular complexity index is 519. The second-order valence-corrected chi connectivity index (χ2v) is 6.64. The smallest absolute Gasteiger partial charge is 0.191 e. The minimum atomic E-state index is 0.285. The first-order valence-electron chi connectivity index (χ1n) is 9.46. The number of nitrogens with zero attached hydrogens (tertiary/aromatic N) is 1. The highest BCUT2D eigenvalue weighted by molar-refractivity contribution is 5.79. The zero-order chi connectivity index (χ0) is 17.9. The number of ether oxygens (including phenoxy) is 2. The Hall–Kier alpha value is -1.59. The maximum Gasteiger partial charge on any atom is 0.191 e. The Kier molecular flexibility index (Phi) is 8.77. The highest BCUT2D eigenvalue weighted by Crippen LogP contribution is 2.09. The molecule has 0 saturated carbocycles. The van der Waals surface area contributed by atoms with Crippen LogP contribution in [-0.4, -0.2) is 51.5 Å². The molecule has 1 aromatic carbocycles. The van der Waals surface area contributed by atoms with Crippen LogP contribution in [0, 0.1) is 13.8 Å². The third kappa shape index (κ3) is 7.88. The summed E-state index contributed by atoms with van der Waals surface area (Å²) in [5.74, 6) is 0.885. The summed E-state index contributed by atoms with van der Waals surface area (Å²) in [6, 6.07) is 6.72. The van der Waals surface area contributed by atoms with E-state index in [1.165, 1.54) is 16.7 Å². The van der Waals surface area contributed by atoms with Gasteiger partial charge in [0.15, 0.2) is 5.96 Å². The fourth-order valence-electron chi connectivity index (χ4n) is 3.03. The molecule has 1 heterocycles. The summed E-state index contributed by atoms with van der Waals surface area (Å²) in [4.78, 5) is 4.63. The Morgan fingerprint density at radius 1 is 1.24 bits per heavy atom. The average molecular weight is 348 g/mol. The standard InChI is InChI=1S/C20H33N3O2/c1-4-21-20(22-8-5-10-25-19-7-11-24-15-19)23-9-6-18-13-16(2)12-17(3)14-18/h12-14,19H,4-11,15H2,1-3H3,(H2,21,22,23). The van der Waals surface area contributed by atoms with Crippen LogP contribution >= 0.6 is 0 Å². The van der Waals surface area contributed by atoms with E-state index in [1.54, 1.807) is 0 Å². The van der Waals surface area contributed by atoms with Crippen LogP contribution in [0.5, 0.6) is 0 Å². The van der Waals surface area contributed by atoms with Gasteiger partial charge in [0.2, 0.25) is 0 Å². The Morgan fingerprint density at radius 2 is 2.04 bits per heavy atom. The van der Waals surface area contributed by atoms with Crippen molar-refractivity contribution in [3.63, 3.8) is 0 Å². The zero-order valence-electron chi connectivity index (χ0n) is 15.9. The van der Waals surface area contributed by atoms with Crippen molar-refractivity contribution in [3.05, 3.63) is 34.9 Å². The molecule has 1 atom stereocenters. The van der Waals surface area contributed by atoms with E-state index in [2.05, 4.69) is 54.6 Å². The van der Waals surface area contributed by atoms with E-state index in [0.29, 0.717) is 0 Å². The number of hydrogen-bond donors (Lipinski definition) is 2. The van der Waals surface area contributed by atoms with E-state index in [9.17, 15) is 0 Å². The monoisotopic (exact) mass is 347 g/mol. The molecule has 25 heavy (non-hydrogen) atoms. The average Bonchev–Trinajstić information content (AvgIpc) is 3.07. The maximum atomic E-state index is 5.77. The van der Waals surface area contributed by atoms with Crippen LogP contribution in [0.2, 0.25) is 0 Å². The van der Waals surface area contributed by atoms with Crippen LogP contribution in [0.15, 0.2) is 23.2 Å². The normalized spacial score (nSPS) is 17.7. The van der Waals surface area contributed by atoms with Gasteiger partial charge in [0, 0.05) is 32.8 Å². The van der Waals surface area contributed by atoms with Crippen molar-refractivity contribution in [2.75, 3.05) is 39.5 Å². The predicted molar refractivity (Wildman–Crippen MR) is 103 cm³/mol. The molecule has 0 radical (unpaired) electrons. The lowest BCUT2D eigenvalue weighted by Gasteiger charge is -2.12. The van der Waals surface area contributed by atoms with Crippen LogP contribution in [-0.2, 0) is 15.9 Å². The molecule has 140 valence electrons. The molecule has 0 bridgehead atoms. The lowest BCUT2D eigenvalue weighted by atomic mass is 10.1. The summed E-state index contributed by atoms with van der Waals surface area (Å²) in [5, 5.41) is 6.72. The van der Waals surface area contributed by atoms with Gasteiger partial charge in [-0.05, 0) is 45.6 Å². The SMILES string of the molecule is CCNC(=NCCCOC1CCOC1)NCCc1cc(C)cc(C)c1. The van der Waals surface area contributed by atoms with Gasteiger partial charge in [-0.15, -0.1) is 0 Å². The molecule has 2 rings (SSSR count). The van der Waals surface area contributed by atoms with Crippen LogP contribution in [0.4, 0.5) is 0 Å². The van der Waals surface area contributed by atoms with Gasteiger partial charge < -0.3 is 20.1 Å². The molecule has 1 aliphatic rings. The van der Waals surface area contributed by atoms with Gasteiger partial charge in [-0.1, -0.05) is 29.3 Å². The van der Waals surface area contributed by atoms with E-state index >= 15 is 0 Å². The largest absolute Gasteiger partial charge is 0.379 e. The van der Waals surface area contributed by atoms with Crippen molar-refractivity contribution in [2.24, 2.45) is 4.99 Å². The summed E-state index contributed by atoms with van der Waals surface area (Å²) in [6.07, 6.45) is 3.24. The molecule has 1 saturated heterocycles. The fourth-order valence-corrected chi connectivity index (χ4v) is 3.03. The predicted octanol–water partition coefficient (Wildman–Crippen LogP) is 2.60. The molecular formula is C20H33N3O2. The summed E-state index contributed by atoms with van der Waals surface area (Å²) in [6.45, 7) is 11.2. The molecule has 0 spiro atoms. The molecular weight excluding hydrogens is 314 g/mol. The van der Waals surface area contributed by atoms with Crippen molar-refractivity contribution < 1.29 is 9.47 Å². The number of nitrogens with one attached hydrogen (secondary N) is 2. The van der Waals surface area contributed by atoms with E-state index in [4.69, 9.17) is 9.47 Å².